The number of aromatic nitrogens is 1. The average Bonchev–Trinajstić information content (AvgIpc) is 2.44. The fraction of sp³-hybridized carbons (Fsp3) is 0.214. The summed E-state index contributed by atoms with van der Waals surface area (Å²) < 4.78 is 89.7. The zero-order valence-electron chi connectivity index (χ0n) is 11.6. The lowest BCUT2D eigenvalue weighted by Crippen LogP contribution is -2.20. The Bertz CT molecular complexity index is 713. The van der Waals surface area contributed by atoms with Crippen molar-refractivity contribution in [3.05, 3.63) is 64.7 Å². The molecular formula is C14H10ClF7N2. The first-order valence-corrected chi connectivity index (χ1v) is 6.16. The van der Waals surface area contributed by atoms with Gasteiger partial charge in [0.25, 0.3) is 0 Å². The maximum atomic E-state index is 13.5. The van der Waals surface area contributed by atoms with Gasteiger partial charge in [0, 0.05) is 6.20 Å². The lowest BCUT2D eigenvalue weighted by atomic mass is 9.98. The monoisotopic (exact) mass is 374 g/mol. The van der Waals surface area contributed by atoms with Gasteiger partial charge in [-0.15, -0.1) is 12.4 Å². The minimum Gasteiger partial charge on any atom is -0.319 e. The molecule has 1 heterocycles. The zero-order chi connectivity index (χ0) is 17.4. The molecule has 10 heteroatoms. The van der Waals surface area contributed by atoms with E-state index in [1.165, 1.54) is 0 Å². The molecule has 24 heavy (non-hydrogen) atoms. The maximum absolute atomic E-state index is 13.5. The van der Waals surface area contributed by atoms with Crippen molar-refractivity contribution in [1.29, 1.82) is 0 Å². The minimum atomic E-state index is -4.91. The molecule has 1 aromatic heterocycles. The molecule has 132 valence electrons. The first-order chi connectivity index (χ1) is 10.5. The summed E-state index contributed by atoms with van der Waals surface area (Å²) in [5.74, 6) is -1.62. The Labute approximate surface area is 137 Å². The number of alkyl halides is 6. The summed E-state index contributed by atoms with van der Waals surface area (Å²) in [5, 5.41) is 0. The Hall–Kier alpha value is -1.87. The second kappa shape index (κ2) is 6.94. The van der Waals surface area contributed by atoms with Gasteiger partial charge in [-0.25, -0.2) is 4.39 Å². The van der Waals surface area contributed by atoms with Gasteiger partial charge >= 0.3 is 12.4 Å². The van der Waals surface area contributed by atoms with Crippen molar-refractivity contribution in [2.45, 2.75) is 18.4 Å². The Balaban J connectivity index is 0.00000288. The molecule has 1 unspecified atom stereocenters. The van der Waals surface area contributed by atoms with Crippen LogP contribution < -0.4 is 5.73 Å². The van der Waals surface area contributed by atoms with E-state index in [1.807, 2.05) is 0 Å². The van der Waals surface area contributed by atoms with Crippen molar-refractivity contribution in [3.8, 4) is 0 Å². The van der Waals surface area contributed by atoms with Crippen molar-refractivity contribution in [2.24, 2.45) is 5.73 Å². The molecule has 0 saturated heterocycles. The fourth-order valence-corrected chi connectivity index (χ4v) is 2.02. The zero-order valence-corrected chi connectivity index (χ0v) is 12.4. The summed E-state index contributed by atoms with van der Waals surface area (Å²) in [4.78, 5) is 3.53. The van der Waals surface area contributed by atoms with E-state index in [1.54, 1.807) is 0 Å². The number of benzene rings is 1. The number of pyridine rings is 1. The molecule has 0 aliphatic carbocycles. The van der Waals surface area contributed by atoms with Gasteiger partial charge in [0.05, 0.1) is 22.9 Å². The third-order valence-corrected chi connectivity index (χ3v) is 3.10. The van der Waals surface area contributed by atoms with Crippen LogP contribution in [0.4, 0.5) is 30.7 Å². The SMILES string of the molecule is Cl.NC(c1ccc(C(F)(F)F)c(F)c1)c1ncccc1C(F)(F)F. The summed E-state index contributed by atoms with van der Waals surface area (Å²) in [6.07, 6.45) is -8.59. The van der Waals surface area contributed by atoms with Crippen LogP contribution in [-0.2, 0) is 12.4 Å². The van der Waals surface area contributed by atoms with Crippen LogP contribution in [0.25, 0.3) is 0 Å². The van der Waals surface area contributed by atoms with Gasteiger partial charge in [0.2, 0.25) is 0 Å². The van der Waals surface area contributed by atoms with E-state index in [2.05, 4.69) is 4.98 Å². The third-order valence-electron chi connectivity index (χ3n) is 3.10. The van der Waals surface area contributed by atoms with Crippen LogP contribution in [0.2, 0.25) is 0 Å². The molecule has 1 atom stereocenters. The van der Waals surface area contributed by atoms with Crippen LogP contribution >= 0.6 is 12.4 Å². The highest BCUT2D eigenvalue weighted by molar-refractivity contribution is 5.85. The molecule has 2 rings (SSSR count). The molecule has 0 aliphatic heterocycles. The Morgan fingerprint density at radius 3 is 2.00 bits per heavy atom. The average molecular weight is 375 g/mol. The molecule has 0 spiro atoms. The second-order valence-electron chi connectivity index (χ2n) is 4.65. The van der Waals surface area contributed by atoms with Gasteiger partial charge in [-0.3, -0.25) is 4.98 Å². The van der Waals surface area contributed by atoms with Crippen LogP contribution in [-0.4, -0.2) is 4.98 Å². The van der Waals surface area contributed by atoms with Crippen molar-refractivity contribution in [2.75, 3.05) is 0 Å². The first kappa shape index (κ1) is 20.2. The van der Waals surface area contributed by atoms with Crippen molar-refractivity contribution < 1.29 is 30.7 Å². The lowest BCUT2D eigenvalue weighted by molar-refractivity contribution is -0.140. The highest BCUT2D eigenvalue weighted by Gasteiger charge is 2.37. The summed E-state index contributed by atoms with van der Waals surface area (Å²) in [6, 6.07) is 1.98. The largest absolute Gasteiger partial charge is 0.419 e. The Kier molecular flexibility index (Phi) is 5.83. The molecule has 0 amide bonds. The smallest absolute Gasteiger partial charge is 0.319 e. The summed E-state index contributed by atoms with van der Waals surface area (Å²) in [7, 11) is 0. The highest BCUT2D eigenvalue weighted by Crippen LogP contribution is 2.36. The topological polar surface area (TPSA) is 38.9 Å². The predicted octanol–water partition coefficient (Wildman–Crippen LogP) is 4.73. The van der Waals surface area contributed by atoms with E-state index in [0.29, 0.717) is 12.1 Å². The number of nitrogens with zero attached hydrogens (tertiary/aromatic N) is 1. The standard InChI is InChI=1S/C14H9F7N2.ClH/c15-10-6-7(3-4-8(10)13(16,17)18)11(22)12-9(14(19,20)21)2-1-5-23-12;/h1-6,11H,22H2;1H. The van der Waals surface area contributed by atoms with Crippen molar-refractivity contribution in [3.63, 3.8) is 0 Å². The van der Waals surface area contributed by atoms with Crippen LogP contribution in [0.15, 0.2) is 36.5 Å². The predicted molar refractivity (Wildman–Crippen MR) is 73.9 cm³/mol. The van der Waals surface area contributed by atoms with E-state index in [-0.39, 0.29) is 18.0 Å². The molecular weight excluding hydrogens is 365 g/mol. The fourth-order valence-electron chi connectivity index (χ4n) is 2.02. The van der Waals surface area contributed by atoms with Crippen molar-refractivity contribution in [1.82, 2.24) is 4.98 Å². The van der Waals surface area contributed by atoms with Crippen LogP contribution in [0.1, 0.15) is 28.4 Å². The molecule has 0 radical (unpaired) electrons. The molecule has 1 aromatic carbocycles. The van der Waals surface area contributed by atoms with Gasteiger partial charge in [-0.1, -0.05) is 6.07 Å². The number of halogens is 8. The second-order valence-corrected chi connectivity index (χ2v) is 4.65. The molecule has 0 aliphatic rings. The minimum absolute atomic E-state index is 0. The third kappa shape index (κ3) is 4.15. The quantitative estimate of drug-likeness (QED) is 0.772. The van der Waals surface area contributed by atoms with E-state index < -0.39 is 41.0 Å². The Morgan fingerprint density at radius 2 is 1.50 bits per heavy atom. The first-order valence-electron chi connectivity index (χ1n) is 6.16. The molecule has 0 bridgehead atoms. The van der Waals surface area contributed by atoms with E-state index in [0.717, 1.165) is 24.4 Å². The molecule has 0 saturated carbocycles. The molecule has 0 fully saturated rings. The molecule has 2 N–H and O–H groups in total. The summed E-state index contributed by atoms with van der Waals surface area (Å²) >= 11 is 0. The lowest BCUT2D eigenvalue weighted by Gasteiger charge is -2.18. The van der Waals surface area contributed by atoms with Gasteiger partial charge in [-0.2, -0.15) is 26.3 Å². The van der Waals surface area contributed by atoms with Gasteiger partial charge < -0.3 is 5.73 Å². The summed E-state index contributed by atoms with van der Waals surface area (Å²) in [5.41, 5.74) is 2.13. The van der Waals surface area contributed by atoms with Gasteiger partial charge in [0.15, 0.2) is 0 Å². The number of nitrogens with two attached hydrogens (primary N) is 1. The molecule has 2 aromatic rings. The normalized spacial score (nSPS) is 13.3. The number of hydrogen-bond acceptors (Lipinski definition) is 2. The van der Waals surface area contributed by atoms with Crippen LogP contribution in [0.5, 0.6) is 0 Å². The maximum Gasteiger partial charge on any atom is 0.419 e. The highest BCUT2D eigenvalue weighted by atomic mass is 35.5. The van der Waals surface area contributed by atoms with E-state index >= 15 is 0 Å². The van der Waals surface area contributed by atoms with Crippen LogP contribution in [0.3, 0.4) is 0 Å². The number of rotatable bonds is 2. The number of hydrogen-bond donors (Lipinski definition) is 1. The summed E-state index contributed by atoms with van der Waals surface area (Å²) in [6.45, 7) is 0. The Morgan fingerprint density at radius 1 is 0.917 bits per heavy atom. The van der Waals surface area contributed by atoms with E-state index in [9.17, 15) is 30.7 Å². The van der Waals surface area contributed by atoms with E-state index in [4.69, 9.17) is 5.73 Å². The molecule has 2 nitrogen and oxygen atoms in total. The van der Waals surface area contributed by atoms with Crippen molar-refractivity contribution >= 4 is 12.4 Å². The van der Waals surface area contributed by atoms with Gasteiger partial charge in [0.1, 0.15) is 5.82 Å². The van der Waals surface area contributed by atoms with Crippen LogP contribution in [0, 0.1) is 5.82 Å². The van der Waals surface area contributed by atoms with Gasteiger partial charge in [-0.05, 0) is 29.8 Å².